The van der Waals surface area contributed by atoms with Gasteiger partial charge in [0, 0.05) is 37.4 Å². The van der Waals surface area contributed by atoms with Gasteiger partial charge < -0.3 is 21.4 Å². The molecule has 0 spiro atoms. The molecule has 0 fully saturated rings. The van der Waals surface area contributed by atoms with E-state index in [9.17, 15) is 4.79 Å². The van der Waals surface area contributed by atoms with E-state index in [4.69, 9.17) is 5.41 Å². The lowest BCUT2D eigenvalue weighted by Gasteiger charge is -2.13. The number of carbonyl (C=O) groups excluding carboxylic acids is 1. The number of aromatic nitrogens is 2. The number of hydrogen-bond donors (Lipinski definition) is 4. The van der Waals surface area contributed by atoms with Crippen molar-refractivity contribution in [3.63, 3.8) is 0 Å². The van der Waals surface area contributed by atoms with E-state index in [0.29, 0.717) is 22.9 Å². The fourth-order valence-corrected chi connectivity index (χ4v) is 2.43. The molecule has 1 amide bonds. The number of anilines is 4. The van der Waals surface area contributed by atoms with Gasteiger partial charge in [-0.25, -0.2) is 9.97 Å². The molecule has 0 saturated heterocycles. The van der Waals surface area contributed by atoms with Crippen molar-refractivity contribution in [1.82, 2.24) is 15.3 Å². The van der Waals surface area contributed by atoms with Crippen molar-refractivity contribution in [2.24, 2.45) is 0 Å². The third-order valence-corrected chi connectivity index (χ3v) is 3.90. The fraction of sp³-hybridized carbons (Fsp3) is 0.100. The zero-order chi connectivity index (χ0) is 19.2. The molecular weight excluding hydrogens is 340 g/mol. The number of benzene rings is 1. The Kier molecular flexibility index (Phi) is 5.41. The molecular formula is C20H20N6O. The highest BCUT2D eigenvalue weighted by Gasteiger charge is 2.13. The molecule has 4 N–H and O–H groups in total. The summed E-state index contributed by atoms with van der Waals surface area (Å²) >= 11 is 0. The highest BCUT2D eigenvalue weighted by Crippen LogP contribution is 2.25. The van der Waals surface area contributed by atoms with Crippen LogP contribution in [0.15, 0.2) is 54.9 Å². The van der Waals surface area contributed by atoms with Crippen LogP contribution in [-0.2, 0) is 0 Å². The summed E-state index contributed by atoms with van der Waals surface area (Å²) in [5, 5.41) is 16.3. The van der Waals surface area contributed by atoms with Crippen molar-refractivity contribution in [2.45, 2.75) is 6.92 Å². The van der Waals surface area contributed by atoms with E-state index >= 15 is 0 Å². The second kappa shape index (κ2) is 8.09. The molecule has 0 bridgehead atoms. The van der Waals surface area contributed by atoms with E-state index < -0.39 is 0 Å². The van der Waals surface area contributed by atoms with Crippen LogP contribution in [0.4, 0.5) is 23.0 Å². The van der Waals surface area contributed by atoms with Gasteiger partial charge in [0.1, 0.15) is 11.6 Å². The topological polar surface area (TPSA) is 103 Å². The van der Waals surface area contributed by atoms with Crippen molar-refractivity contribution in [2.75, 3.05) is 17.7 Å². The largest absolute Gasteiger partial charge is 0.355 e. The molecule has 0 aliphatic heterocycles. The van der Waals surface area contributed by atoms with Gasteiger partial charge in [0.25, 0.3) is 5.91 Å². The first-order valence-electron chi connectivity index (χ1n) is 8.38. The predicted octanol–water partition coefficient (Wildman–Crippen LogP) is 3.63. The second-order valence-electron chi connectivity index (χ2n) is 5.93. The molecule has 0 atom stereocenters. The van der Waals surface area contributed by atoms with Gasteiger partial charge >= 0.3 is 0 Å². The Labute approximate surface area is 157 Å². The first kappa shape index (κ1) is 18.1. The maximum absolute atomic E-state index is 12.2. The fourth-order valence-electron chi connectivity index (χ4n) is 2.43. The van der Waals surface area contributed by atoms with Crippen molar-refractivity contribution in [3.8, 4) is 0 Å². The molecule has 0 saturated carbocycles. The highest BCUT2D eigenvalue weighted by atomic mass is 16.1. The molecule has 3 rings (SSSR count). The molecule has 0 aliphatic rings. The molecule has 7 nitrogen and oxygen atoms in total. The van der Waals surface area contributed by atoms with Crippen LogP contribution in [0.5, 0.6) is 0 Å². The Morgan fingerprint density at radius 3 is 2.37 bits per heavy atom. The summed E-state index contributed by atoms with van der Waals surface area (Å²) in [5.74, 6) is 1.00. The summed E-state index contributed by atoms with van der Waals surface area (Å²) in [5.41, 5.74) is 3.71. The molecule has 27 heavy (non-hydrogen) atoms. The van der Waals surface area contributed by atoms with Crippen LogP contribution in [0.3, 0.4) is 0 Å². The molecule has 136 valence electrons. The molecule has 2 aromatic heterocycles. The minimum Gasteiger partial charge on any atom is -0.355 e. The number of aryl methyl sites for hydroxylation is 1. The lowest BCUT2D eigenvalue weighted by Crippen LogP contribution is -2.19. The Balaban J connectivity index is 1.91. The van der Waals surface area contributed by atoms with E-state index in [0.717, 1.165) is 16.8 Å². The summed E-state index contributed by atoms with van der Waals surface area (Å²) in [6.07, 6.45) is 4.57. The van der Waals surface area contributed by atoms with Crippen LogP contribution in [0.25, 0.3) is 0 Å². The maximum Gasteiger partial charge on any atom is 0.254 e. The molecule has 0 aliphatic carbocycles. The molecule has 0 unspecified atom stereocenters. The van der Waals surface area contributed by atoms with Crippen LogP contribution in [0.1, 0.15) is 21.5 Å². The molecule has 7 heteroatoms. The van der Waals surface area contributed by atoms with Gasteiger partial charge in [-0.15, -0.1) is 0 Å². The Hall–Kier alpha value is -3.74. The third kappa shape index (κ3) is 4.46. The van der Waals surface area contributed by atoms with Gasteiger partial charge in [0.15, 0.2) is 0 Å². The zero-order valence-electron chi connectivity index (χ0n) is 15.1. The summed E-state index contributed by atoms with van der Waals surface area (Å²) < 4.78 is 0. The predicted molar refractivity (Wildman–Crippen MR) is 107 cm³/mol. The van der Waals surface area contributed by atoms with E-state index in [1.807, 2.05) is 43.3 Å². The molecule has 1 aromatic carbocycles. The van der Waals surface area contributed by atoms with E-state index in [-0.39, 0.29) is 5.91 Å². The third-order valence-electron chi connectivity index (χ3n) is 3.90. The van der Waals surface area contributed by atoms with Gasteiger partial charge in [-0.1, -0.05) is 18.2 Å². The second-order valence-corrected chi connectivity index (χ2v) is 5.93. The van der Waals surface area contributed by atoms with Gasteiger partial charge in [0.2, 0.25) is 0 Å². The maximum atomic E-state index is 12.2. The Morgan fingerprint density at radius 1 is 1.00 bits per heavy atom. The number of pyridine rings is 2. The van der Waals surface area contributed by atoms with Crippen LogP contribution < -0.4 is 16.0 Å². The Bertz CT molecular complexity index is 951. The first-order chi connectivity index (χ1) is 13.1. The quantitative estimate of drug-likeness (QED) is 0.503. The van der Waals surface area contributed by atoms with Gasteiger partial charge in [0.05, 0.1) is 11.3 Å². The van der Waals surface area contributed by atoms with Crippen molar-refractivity contribution in [3.05, 3.63) is 71.5 Å². The normalized spacial score (nSPS) is 10.1. The minimum absolute atomic E-state index is 0.235. The zero-order valence-corrected chi connectivity index (χ0v) is 15.1. The van der Waals surface area contributed by atoms with E-state index in [1.54, 1.807) is 19.3 Å². The first-order valence-corrected chi connectivity index (χ1v) is 8.38. The average molecular weight is 360 g/mol. The number of rotatable bonds is 6. The smallest absolute Gasteiger partial charge is 0.254 e. The van der Waals surface area contributed by atoms with Gasteiger partial charge in [-0.2, -0.15) is 0 Å². The Morgan fingerprint density at radius 2 is 1.74 bits per heavy atom. The van der Waals surface area contributed by atoms with Crippen LogP contribution in [0.2, 0.25) is 0 Å². The van der Waals surface area contributed by atoms with Gasteiger partial charge in [-0.05, 0) is 36.2 Å². The van der Waals surface area contributed by atoms with E-state index in [2.05, 4.69) is 25.9 Å². The van der Waals surface area contributed by atoms with Crippen LogP contribution in [0, 0.1) is 12.3 Å². The molecule has 0 radical (unpaired) electrons. The summed E-state index contributed by atoms with van der Waals surface area (Å²) in [4.78, 5) is 20.8. The van der Waals surface area contributed by atoms with Crippen molar-refractivity contribution < 1.29 is 4.79 Å². The monoisotopic (exact) mass is 360 g/mol. The molecule has 2 heterocycles. The van der Waals surface area contributed by atoms with Crippen molar-refractivity contribution >= 4 is 35.1 Å². The number of amides is 1. The highest BCUT2D eigenvalue weighted by molar-refractivity contribution is 6.00. The lowest BCUT2D eigenvalue weighted by molar-refractivity contribution is 0.0963. The SMILES string of the molecule is CNC(=O)c1cnc(Nc2ccc(C)cn2)cc1Nc1ccc(C=N)cc1. The standard InChI is InChI=1S/C20H20N6O/c1-13-3-8-18(23-11-13)26-19-9-17(16(12-24-19)20(27)22-2)25-15-6-4-14(10-21)5-7-15/h3-12,21H,1-2H3,(H,22,27)(H2,23,24,25,26). The summed E-state index contributed by atoms with van der Waals surface area (Å²) in [6, 6.07) is 12.9. The van der Waals surface area contributed by atoms with Gasteiger partial charge in [-0.3, -0.25) is 4.79 Å². The average Bonchev–Trinajstić information content (AvgIpc) is 2.70. The van der Waals surface area contributed by atoms with Crippen LogP contribution in [-0.4, -0.2) is 29.1 Å². The van der Waals surface area contributed by atoms with Crippen molar-refractivity contribution in [1.29, 1.82) is 5.41 Å². The lowest BCUT2D eigenvalue weighted by atomic mass is 10.1. The van der Waals surface area contributed by atoms with E-state index in [1.165, 1.54) is 12.4 Å². The summed E-state index contributed by atoms with van der Waals surface area (Å²) in [6.45, 7) is 1.97. The number of nitrogens with one attached hydrogen (secondary N) is 4. The van der Waals surface area contributed by atoms with Crippen LogP contribution >= 0.6 is 0 Å². The number of nitrogens with zero attached hydrogens (tertiary/aromatic N) is 2. The number of hydrogen-bond acceptors (Lipinski definition) is 6. The minimum atomic E-state index is -0.235. The molecule has 3 aromatic rings. The summed E-state index contributed by atoms with van der Waals surface area (Å²) in [7, 11) is 1.58. The number of carbonyl (C=O) groups is 1.